The Balaban J connectivity index is 0.000000196. The zero-order valence-electron chi connectivity index (χ0n) is 28.2. The average Bonchev–Trinajstić information content (AvgIpc) is 3.71. The maximum absolute atomic E-state index is 6.56. The summed E-state index contributed by atoms with van der Waals surface area (Å²) in [7, 11) is -1.23. The number of pyridine rings is 2. The van der Waals surface area contributed by atoms with Gasteiger partial charge in [0.15, 0.2) is 5.65 Å². The van der Waals surface area contributed by atoms with Crippen molar-refractivity contribution in [1.82, 2.24) is 19.5 Å². The Hall–Kier alpha value is -5.20. The Morgan fingerprint density at radius 1 is 0.680 bits per heavy atom. The van der Waals surface area contributed by atoms with Gasteiger partial charge in [-0.15, -0.1) is 54.1 Å². The maximum atomic E-state index is 6.56. The summed E-state index contributed by atoms with van der Waals surface area (Å²) in [5.41, 5.74) is 8.33. The van der Waals surface area contributed by atoms with Crippen molar-refractivity contribution < 1.29 is 24.5 Å². The number of rotatable bonds is 4. The first-order valence-electron chi connectivity index (χ1n) is 16.4. The minimum atomic E-state index is -1.23. The molecule has 0 saturated heterocycles. The number of fused-ring (bicyclic) bond motifs is 6. The van der Waals surface area contributed by atoms with Crippen LogP contribution in [0.3, 0.4) is 0 Å². The smallest absolute Gasteiger partial charge is 0.168 e. The second-order valence-corrected chi connectivity index (χ2v) is 18.4. The Morgan fingerprint density at radius 2 is 1.46 bits per heavy atom. The molecule has 0 unspecified atom stereocenters. The number of benzene rings is 5. The number of aromatic nitrogens is 4. The fourth-order valence-electron chi connectivity index (χ4n) is 6.25. The molecule has 0 saturated carbocycles. The van der Waals surface area contributed by atoms with Crippen molar-refractivity contribution in [2.24, 2.45) is 0 Å². The third-order valence-corrected chi connectivity index (χ3v) is 10.9. The predicted octanol–water partition coefficient (Wildman–Crippen LogP) is 10.3. The standard InChI is InChI=1S/C29H18N3O.C14H16NSi.Ir/c1-18-16-25-28(30-17-18)31-29(32(25)20-9-3-2-4-10-20)24-13-7-12-22-23-15-14-19-8-5-6-11-21(19)26(23)33-27(22)24;1-16(2,3)13-9-10-14(15-11-13)12-7-5-4-6-8-12;/h2-12,14-17H,1H3;4-7,9-11H,1-3H3;/q2*-1;. The van der Waals surface area contributed by atoms with Crippen LogP contribution >= 0.6 is 0 Å². The second kappa shape index (κ2) is 13.6. The SMILES string of the molecule is C[Si](C)(C)c1ccc(-c2[c-]cccc2)nc1.Cc1cnc2nc(-c3[c-]ccc4c3oc3c5ccccc5ccc43)n(-c3ccccc3)c2c1.[Ir]. The second-order valence-electron chi connectivity index (χ2n) is 13.3. The van der Waals surface area contributed by atoms with E-state index >= 15 is 0 Å². The topological polar surface area (TPSA) is 56.7 Å². The Bertz CT molecular complexity index is 2590. The number of hydrogen-bond donors (Lipinski definition) is 0. The summed E-state index contributed by atoms with van der Waals surface area (Å²) >= 11 is 0. The third-order valence-electron chi connectivity index (χ3n) is 8.82. The fraction of sp³-hybridized carbons (Fsp3) is 0.0930. The van der Waals surface area contributed by atoms with Gasteiger partial charge in [0.25, 0.3) is 0 Å². The summed E-state index contributed by atoms with van der Waals surface area (Å²) in [6, 6.07) is 47.8. The van der Waals surface area contributed by atoms with Crippen LogP contribution in [0.1, 0.15) is 5.56 Å². The molecule has 9 rings (SSSR count). The first-order chi connectivity index (χ1) is 23.8. The van der Waals surface area contributed by atoms with Crippen molar-refractivity contribution in [2.45, 2.75) is 26.6 Å². The van der Waals surface area contributed by atoms with E-state index in [0.29, 0.717) is 5.65 Å². The molecule has 9 aromatic rings. The van der Waals surface area contributed by atoms with Gasteiger partial charge in [-0.05, 0) is 47.0 Å². The number of nitrogens with zero attached hydrogens (tertiary/aromatic N) is 4. The van der Waals surface area contributed by atoms with Gasteiger partial charge in [-0.1, -0.05) is 97.3 Å². The summed E-state index contributed by atoms with van der Waals surface area (Å²) in [5, 5.41) is 5.81. The van der Waals surface area contributed by atoms with Crippen LogP contribution in [0.5, 0.6) is 0 Å². The molecule has 0 bridgehead atoms. The van der Waals surface area contributed by atoms with E-state index in [1.54, 1.807) is 0 Å². The third kappa shape index (κ3) is 6.20. The van der Waals surface area contributed by atoms with Gasteiger partial charge in [0.05, 0.1) is 25.0 Å². The van der Waals surface area contributed by atoms with Crippen LogP contribution in [0.2, 0.25) is 19.6 Å². The quantitative estimate of drug-likeness (QED) is 0.131. The van der Waals surface area contributed by atoms with E-state index in [2.05, 4.69) is 107 Å². The molecule has 0 spiro atoms. The zero-order valence-corrected chi connectivity index (χ0v) is 31.6. The molecule has 0 atom stereocenters. The number of furan rings is 1. The number of aryl methyl sites for hydroxylation is 1. The minimum absolute atomic E-state index is 0. The van der Waals surface area contributed by atoms with Crippen LogP contribution in [-0.4, -0.2) is 27.6 Å². The van der Waals surface area contributed by atoms with Crippen molar-refractivity contribution in [3.05, 3.63) is 151 Å². The number of hydrogen-bond acceptors (Lipinski definition) is 4. The fourth-order valence-corrected chi connectivity index (χ4v) is 7.29. The molecule has 5 aromatic carbocycles. The molecule has 0 N–H and O–H groups in total. The summed E-state index contributed by atoms with van der Waals surface area (Å²) in [4.78, 5) is 14.1. The summed E-state index contributed by atoms with van der Waals surface area (Å²) in [5.74, 6) is 0.767. The van der Waals surface area contributed by atoms with E-state index in [-0.39, 0.29) is 20.1 Å². The molecule has 1 radical (unpaired) electrons. The summed E-state index contributed by atoms with van der Waals surface area (Å²) in [6.07, 6.45) is 3.87. The largest absolute Gasteiger partial charge is 0.500 e. The van der Waals surface area contributed by atoms with Crippen molar-refractivity contribution in [3.8, 4) is 28.3 Å². The molecule has 0 aliphatic carbocycles. The van der Waals surface area contributed by atoms with Crippen molar-refractivity contribution in [2.75, 3.05) is 0 Å². The molecule has 5 nitrogen and oxygen atoms in total. The van der Waals surface area contributed by atoms with Gasteiger partial charge >= 0.3 is 0 Å². The molecule has 0 fully saturated rings. The van der Waals surface area contributed by atoms with Crippen molar-refractivity contribution in [3.63, 3.8) is 0 Å². The van der Waals surface area contributed by atoms with E-state index < -0.39 is 8.07 Å². The molecule has 0 aliphatic rings. The Labute approximate surface area is 306 Å². The van der Waals surface area contributed by atoms with Crippen LogP contribution < -0.4 is 5.19 Å². The van der Waals surface area contributed by atoms with Crippen LogP contribution in [0, 0.1) is 19.1 Å². The maximum Gasteiger partial charge on any atom is 0.168 e. The van der Waals surface area contributed by atoms with E-state index in [9.17, 15) is 0 Å². The van der Waals surface area contributed by atoms with Crippen LogP contribution in [0.25, 0.3) is 72.2 Å². The molecule has 4 aromatic heterocycles. The molecule has 0 aliphatic heterocycles. The first kappa shape index (κ1) is 33.3. The van der Waals surface area contributed by atoms with Crippen molar-refractivity contribution >= 4 is 57.1 Å². The van der Waals surface area contributed by atoms with Gasteiger partial charge in [0, 0.05) is 49.0 Å². The Kier molecular flexibility index (Phi) is 9.06. The van der Waals surface area contributed by atoms with Crippen LogP contribution in [-0.2, 0) is 20.1 Å². The summed E-state index contributed by atoms with van der Waals surface area (Å²) < 4.78 is 8.70. The monoisotopic (exact) mass is 843 g/mol. The summed E-state index contributed by atoms with van der Waals surface area (Å²) in [6.45, 7) is 9.04. The van der Waals surface area contributed by atoms with Crippen LogP contribution in [0.4, 0.5) is 0 Å². The average molecular weight is 843 g/mol. The molecule has 0 amide bonds. The van der Waals surface area contributed by atoms with E-state index in [4.69, 9.17) is 9.40 Å². The Morgan fingerprint density at radius 3 is 2.22 bits per heavy atom. The van der Waals surface area contributed by atoms with Crippen LogP contribution in [0.15, 0.2) is 138 Å². The first-order valence-corrected chi connectivity index (χ1v) is 19.9. The molecular formula is C43H34IrN4OSi-2. The van der Waals surface area contributed by atoms with E-state index in [0.717, 1.165) is 72.1 Å². The van der Waals surface area contributed by atoms with Crippen molar-refractivity contribution in [1.29, 1.82) is 0 Å². The van der Waals surface area contributed by atoms with E-state index in [1.807, 2.05) is 80.0 Å². The van der Waals surface area contributed by atoms with Gasteiger partial charge in [-0.2, -0.15) is 0 Å². The number of para-hydroxylation sites is 1. The molecule has 4 heterocycles. The molecule has 7 heteroatoms. The van der Waals surface area contributed by atoms with E-state index in [1.165, 1.54) is 5.19 Å². The van der Waals surface area contributed by atoms with Gasteiger partial charge in [0.2, 0.25) is 0 Å². The normalized spacial score (nSPS) is 11.4. The number of imidazole rings is 1. The van der Waals surface area contributed by atoms with Gasteiger partial charge in [0.1, 0.15) is 5.58 Å². The van der Waals surface area contributed by atoms with Gasteiger partial charge < -0.3 is 14.0 Å². The predicted molar refractivity (Wildman–Crippen MR) is 204 cm³/mol. The molecular weight excluding hydrogens is 809 g/mol. The van der Waals surface area contributed by atoms with Gasteiger partial charge in [-0.3, -0.25) is 4.98 Å². The molecule has 50 heavy (non-hydrogen) atoms. The minimum Gasteiger partial charge on any atom is -0.500 e. The zero-order chi connectivity index (χ0) is 33.5. The van der Waals surface area contributed by atoms with Gasteiger partial charge in [-0.25, -0.2) is 4.98 Å². The molecule has 247 valence electrons.